The summed E-state index contributed by atoms with van der Waals surface area (Å²) in [6.45, 7) is 70.0. The third-order valence-corrected chi connectivity index (χ3v) is 57.6. The normalized spacial score (nSPS) is 17.4. The van der Waals surface area contributed by atoms with Crippen molar-refractivity contribution in [3.05, 3.63) is 92.0 Å². The van der Waals surface area contributed by atoms with Gasteiger partial charge in [0, 0.05) is 0 Å². The van der Waals surface area contributed by atoms with E-state index in [4.69, 9.17) is 8.33 Å². The van der Waals surface area contributed by atoms with E-state index < -0.39 is 65.9 Å². The fourth-order valence-corrected chi connectivity index (χ4v) is 72.5. The number of aryl methyl sites for hydroxylation is 3. The maximum atomic E-state index is 8.01. The van der Waals surface area contributed by atoms with Gasteiger partial charge in [0.15, 0.2) is 0 Å². The summed E-state index contributed by atoms with van der Waals surface area (Å²) in [5.41, 5.74) is 14.9. The molecule has 3 aromatic rings. The molecule has 1 atom stereocenters. The molecule has 1 aliphatic rings. The Morgan fingerprint density at radius 1 is 0.435 bits per heavy atom. The molecule has 0 aliphatic carbocycles. The first-order valence-electron chi connectivity index (χ1n) is 24.2. The molecule has 1 unspecified atom stereocenters. The van der Waals surface area contributed by atoms with E-state index in [9.17, 15) is 0 Å². The van der Waals surface area contributed by atoms with Gasteiger partial charge in [0.05, 0.1) is 0 Å². The van der Waals surface area contributed by atoms with Crippen molar-refractivity contribution in [2.75, 3.05) is 0 Å². The number of oxime groups is 1. The van der Waals surface area contributed by atoms with E-state index in [0.717, 1.165) is 5.04 Å². The van der Waals surface area contributed by atoms with Crippen LogP contribution in [0.2, 0.25) is 118 Å². The number of nitrogens with zero attached hydrogens (tertiary/aromatic N) is 1. The van der Waals surface area contributed by atoms with Gasteiger partial charge in [-0.3, -0.25) is 0 Å². The van der Waals surface area contributed by atoms with E-state index in [2.05, 4.69) is 226 Å². The van der Waals surface area contributed by atoms with Gasteiger partial charge >= 0.3 is 401 Å². The standard InChI is InChI=1S/C27H59Si6.C15H23.C10H13NOS.Sn/c1-28(2,3)25(29(4,5)6)22-19-23(26(30(7,8)9)31(10,11)12)21-24(20-22)27(32(13,14)15)33(16,17)18;1-10(2)13-7-14(11(3)4)9-15(8-13)12(5)6;1-6-4-7(2)9(8(3)5-6)10(13)11-12;/h19-20,25-27H,1-18H3;7-8,10-12H,1-6H3;4-5,12H,1-3H3,(H,11,13);/q;;;+2/p-2. The van der Waals surface area contributed by atoms with Crippen molar-refractivity contribution in [3.8, 4) is 0 Å². The average molecular weight is 1070 g/mol. The van der Waals surface area contributed by atoms with E-state index in [1.165, 1.54) is 38.9 Å². The Kier molecular flexibility index (Phi) is 16.2. The third kappa shape index (κ3) is 11.3. The van der Waals surface area contributed by atoms with Crippen LogP contribution in [0.4, 0.5) is 0 Å². The summed E-state index contributed by atoms with van der Waals surface area (Å²) >= 11 is -4.57. The first-order chi connectivity index (χ1) is 27.8. The second-order valence-electron chi connectivity index (χ2n) is 27.1. The Bertz CT molecular complexity index is 2010. The van der Waals surface area contributed by atoms with Crippen molar-refractivity contribution in [3.63, 3.8) is 0 Å². The molecule has 3 aromatic carbocycles. The topological polar surface area (TPSA) is 21.6 Å². The molecule has 0 fully saturated rings. The van der Waals surface area contributed by atoms with Crippen molar-refractivity contribution in [2.45, 2.75) is 213 Å². The molecule has 1 heterocycles. The second-order valence-corrected chi connectivity index (χ2v) is 73.8. The third-order valence-electron chi connectivity index (χ3n) is 13.6. The van der Waals surface area contributed by atoms with Crippen LogP contribution in [-0.4, -0.2) is 70.9 Å². The zero-order valence-electron chi connectivity index (χ0n) is 45.2. The molecule has 0 saturated heterocycles. The van der Waals surface area contributed by atoms with Gasteiger partial charge in [-0.15, -0.1) is 0 Å². The van der Waals surface area contributed by atoms with Crippen LogP contribution in [0.1, 0.15) is 130 Å². The maximum absolute atomic E-state index is 8.01. The molecular formula is C52H93NOSSi6Sn. The van der Waals surface area contributed by atoms with Gasteiger partial charge in [-0.05, 0) is 0 Å². The van der Waals surface area contributed by atoms with Gasteiger partial charge in [-0.25, -0.2) is 0 Å². The molecule has 0 N–H and O–H groups in total. The van der Waals surface area contributed by atoms with E-state index in [0.29, 0.717) is 33.2 Å². The summed E-state index contributed by atoms with van der Waals surface area (Å²) in [6, 6.07) is 15.8. The van der Waals surface area contributed by atoms with Gasteiger partial charge in [-0.1, -0.05) is 0 Å². The summed E-state index contributed by atoms with van der Waals surface area (Å²) in [5.74, 6) is 1.16. The van der Waals surface area contributed by atoms with Crippen LogP contribution in [0.25, 0.3) is 0 Å². The Labute approximate surface area is 397 Å². The molecule has 0 aromatic heterocycles. The Balaban J connectivity index is 2.56. The van der Waals surface area contributed by atoms with Crippen molar-refractivity contribution in [1.29, 1.82) is 0 Å². The molecule has 346 valence electrons. The monoisotopic (exact) mass is 1070 g/mol. The predicted octanol–water partition coefficient (Wildman–Crippen LogP) is 16.2. The van der Waals surface area contributed by atoms with Gasteiger partial charge in [0.1, 0.15) is 0 Å². The molecule has 4 rings (SSSR count). The van der Waals surface area contributed by atoms with Crippen LogP contribution in [0, 0.1) is 20.8 Å². The quantitative estimate of drug-likeness (QED) is 0.142. The van der Waals surface area contributed by atoms with Crippen LogP contribution in [-0.2, 0) is 3.17 Å². The molecule has 10 heteroatoms. The fraction of sp³-hybridized carbons (Fsp3) is 0.635. The summed E-state index contributed by atoms with van der Waals surface area (Å²) in [7, 11) is -8.51. The van der Waals surface area contributed by atoms with Crippen LogP contribution >= 0.6 is 8.95 Å². The Morgan fingerprint density at radius 3 is 1.06 bits per heavy atom. The molecule has 0 amide bonds. The number of benzene rings is 3. The van der Waals surface area contributed by atoms with E-state index in [1.807, 2.05) is 0 Å². The van der Waals surface area contributed by atoms with Gasteiger partial charge in [0.25, 0.3) is 0 Å². The van der Waals surface area contributed by atoms with Gasteiger partial charge < -0.3 is 0 Å². The Hall–Kier alpha value is -0.420. The first kappa shape index (κ1) is 54.2. The van der Waals surface area contributed by atoms with Crippen molar-refractivity contribution in [2.24, 2.45) is 5.16 Å². The molecular weight excluding hydrogens is 974 g/mol. The molecule has 62 heavy (non-hydrogen) atoms. The van der Waals surface area contributed by atoms with Crippen LogP contribution in [0.15, 0.2) is 41.6 Å². The number of hydrogen-bond donors (Lipinski definition) is 0. The SMILES string of the molecule is Cc1cc(C)c(C2=N[O][Sn]([c]3c(C(C)C)cc(C(C)C)cc3C(C)C)([c]3c(C([Si](C)(C)C)[Si](C)(C)C)cc(C([Si](C)(C)C)[Si](C)(C)C)cc3C([Si](C)(C)C)[Si](C)(C)C)[S]2)c(C)c1. The van der Waals surface area contributed by atoms with Crippen LogP contribution < -0.4 is 7.16 Å². The zero-order chi connectivity index (χ0) is 47.8. The van der Waals surface area contributed by atoms with E-state index in [-0.39, 0.29) is 0 Å². The van der Waals surface area contributed by atoms with Crippen molar-refractivity contribution in [1.82, 2.24) is 0 Å². The van der Waals surface area contributed by atoms with Crippen molar-refractivity contribution < 1.29 is 3.17 Å². The fourth-order valence-electron chi connectivity index (χ4n) is 13.0. The predicted molar refractivity (Wildman–Crippen MR) is 304 cm³/mol. The minimum absolute atomic E-state index is 0.356. The summed E-state index contributed by atoms with van der Waals surface area (Å²) in [6.07, 6.45) is 0. The van der Waals surface area contributed by atoms with Crippen LogP contribution in [0.3, 0.4) is 0 Å². The van der Waals surface area contributed by atoms with Crippen LogP contribution in [0.5, 0.6) is 0 Å². The van der Waals surface area contributed by atoms with Crippen molar-refractivity contribution >= 4 is 87.0 Å². The second kappa shape index (κ2) is 18.6. The summed E-state index contributed by atoms with van der Waals surface area (Å²) in [4.78, 5) is 0. The van der Waals surface area contributed by atoms with E-state index in [1.54, 1.807) is 23.8 Å². The summed E-state index contributed by atoms with van der Waals surface area (Å²) in [5, 5.41) is 8.47. The van der Waals surface area contributed by atoms with E-state index >= 15 is 0 Å². The van der Waals surface area contributed by atoms with Gasteiger partial charge in [0.2, 0.25) is 0 Å². The Morgan fingerprint density at radius 2 is 0.758 bits per heavy atom. The minimum atomic E-state index is -4.57. The molecule has 2 nitrogen and oxygen atoms in total. The average Bonchev–Trinajstić information content (AvgIpc) is 3.44. The van der Waals surface area contributed by atoms with Gasteiger partial charge in [-0.2, -0.15) is 0 Å². The zero-order valence-corrected chi connectivity index (χ0v) is 54.9. The summed E-state index contributed by atoms with van der Waals surface area (Å²) < 4.78 is 11.3. The number of hydrogen-bond acceptors (Lipinski definition) is 3. The first-order valence-corrected chi connectivity index (χ1v) is 54.0. The molecule has 0 spiro atoms. The molecule has 0 saturated carbocycles. The molecule has 0 bridgehead atoms. The number of rotatable bonds is 15. The molecule has 0 radical (unpaired) electrons. The molecule has 1 aliphatic heterocycles.